The van der Waals surface area contributed by atoms with Crippen LogP contribution >= 0.6 is 11.3 Å². The Morgan fingerprint density at radius 3 is 2.20 bits per heavy atom. The highest BCUT2D eigenvalue weighted by molar-refractivity contribution is 7.18. The molecule has 0 unspecified atom stereocenters. The van der Waals surface area contributed by atoms with Crippen molar-refractivity contribution in [2.24, 2.45) is 0 Å². The summed E-state index contributed by atoms with van der Waals surface area (Å²) in [5.41, 5.74) is 3.08. The van der Waals surface area contributed by atoms with Gasteiger partial charge < -0.3 is 10.4 Å². The standard InChI is InChI=1S/C15H15NO3S/c1-8-5-4-6-9(2)12(8)14(17)16-11-7-10(3)13(20-11)15(18)19/h4-7H,1-3H3,(H,16,17)(H,18,19). The first kappa shape index (κ1) is 14.3. The lowest BCUT2D eigenvalue weighted by atomic mass is 10.0. The van der Waals surface area contributed by atoms with Gasteiger partial charge in [-0.2, -0.15) is 0 Å². The Hall–Kier alpha value is -2.14. The smallest absolute Gasteiger partial charge is 0.346 e. The fourth-order valence-corrected chi connectivity index (χ4v) is 3.01. The van der Waals surface area contributed by atoms with Crippen LogP contribution in [0.1, 0.15) is 36.7 Å². The number of anilines is 1. The lowest BCUT2D eigenvalue weighted by molar-refractivity contribution is 0.0701. The summed E-state index contributed by atoms with van der Waals surface area (Å²) in [4.78, 5) is 23.5. The normalized spacial score (nSPS) is 10.3. The fraction of sp³-hybridized carbons (Fsp3) is 0.200. The van der Waals surface area contributed by atoms with Gasteiger partial charge in [0, 0.05) is 5.56 Å². The van der Waals surface area contributed by atoms with E-state index in [9.17, 15) is 9.59 Å². The molecule has 104 valence electrons. The summed E-state index contributed by atoms with van der Waals surface area (Å²) in [6, 6.07) is 7.34. The van der Waals surface area contributed by atoms with Gasteiger partial charge in [-0.25, -0.2) is 4.79 Å². The van der Waals surface area contributed by atoms with E-state index in [1.807, 2.05) is 32.0 Å². The molecule has 5 heteroatoms. The van der Waals surface area contributed by atoms with E-state index in [2.05, 4.69) is 5.32 Å². The molecular formula is C15H15NO3S. The van der Waals surface area contributed by atoms with E-state index in [-0.39, 0.29) is 10.8 Å². The number of thiophene rings is 1. The largest absolute Gasteiger partial charge is 0.477 e. The number of carboxylic acids is 1. The van der Waals surface area contributed by atoms with E-state index in [4.69, 9.17) is 5.11 Å². The summed E-state index contributed by atoms with van der Waals surface area (Å²) in [5, 5.41) is 12.3. The molecular weight excluding hydrogens is 274 g/mol. The monoisotopic (exact) mass is 289 g/mol. The van der Waals surface area contributed by atoms with Crippen molar-refractivity contribution in [1.82, 2.24) is 0 Å². The number of benzene rings is 1. The quantitative estimate of drug-likeness (QED) is 0.906. The van der Waals surface area contributed by atoms with Crippen molar-refractivity contribution >= 4 is 28.2 Å². The first-order valence-corrected chi connectivity index (χ1v) is 6.93. The number of nitrogens with one attached hydrogen (secondary N) is 1. The van der Waals surface area contributed by atoms with Gasteiger partial charge in [0.1, 0.15) is 4.88 Å². The summed E-state index contributed by atoms with van der Waals surface area (Å²) < 4.78 is 0. The molecule has 0 aliphatic carbocycles. The predicted octanol–water partition coefficient (Wildman–Crippen LogP) is 3.62. The third kappa shape index (κ3) is 2.72. The van der Waals surface area contributed by atoms with Gasteiger partial charge in [-0.15, -0.1) is 11.3 Å². The van der Waals surface area contributed by atoms with Crippen molar-refractivity contribution in [3.63, 3.8) is 0 Å². The third-order valence-electron chi connectivity index (χ3n) is 3.06. The molecule has 4 nitrogen and oxygen atoms in total. The van der Waals surface area contributed by atoms with Gasteiger partial charge >= 0.3 is 5.97 Å². The SMILES string of the molecule is Cc1cc(NC(=O)c2c(C)cccc2C)sc1C(=O)O. The van der Waals surface area contributed by atoms with E-state index in [0.717, 1.165) is 22.5 Å². The van der Waals surface area contributed by atoms with E-state index < -0.39 is 5.97 Å². The second kappa shape index (κ2) is 5.46. The summed E-state index contributed by atoms with van der Waals surface area (Å²) in [5.74, 6) is -1.18. The van der Waals surface area contributed by atoms with Crippen molar-refractivity contribution < 1.29 is 14.7 Å². The van der Waals surface area contributed by atoms with Gasteiger partial charge in [-0.3, -0.25) is 4.79 Å². The Morgan fingerprint density at radius 2 is 1.70 bits per heavy atom. The molecule has 0 radical (unpaired) electrons. The molecule has 1 amide bonds. The van der Waals surface area contributed by atoms with Crippen LogP contribution in [0.3, 0.4) is 0 Å². The molecule has 0 saturated carbocycles. The average molecular weight is 289 g/mol. The topological polar surface area (TPSA) is 66.4 Å². The Morgan fingerprint density at radius 1 is 1.10 bits per heavy atom. The van der Waals surface area contributed by atoms with Crippen molar-refractivity contribution in [2.75, 3.05) is 5.32 Å². The third-order valence-corrected chi connectivity index (χ3v) is 4.20. The van der Waals surface area contributed by atoms with Crippen LogP contribution in [0.4, 0.5) is 5.00 Å². The minimum atomic E-state index is -0.972. The molecule has 0 saturated heterocycles. The number of carbonyl (C=O) groups excluding carboxylic acids is 1. The van der Waals surface area contributed by atoms with Crippen molar-refractivity contribution in [3.8, 4) is 0 Å². The molecule has 0 spiro atoms. The summed E-state index contributed by atoms with van der Waals surface area (Å²) in [7, 11) is 0. The molecule has 0 atom stereocenters. The summed E-state index contributed by atoms with van der Waals surface area (Å²) in [6.45, 7) is 5.48. The zero-order valence-corrected chi connectivity index (χ0v) is 12.3. The second-order valence-corrected chi connectivity index (χ2v) is 5.70. The van der Waals surface area contributed by atoms with Crippen LogP contribution < -0.4 is 5.32 Å². The number of aromatic carboxylic acids is 1. The highest BCUT2D eigenvalue weighted by Crippen LogP contribution is 2.27. The predicted molar refractivity (Wildman–Crippen MR) is 79.9 cm³/mol. The molecule has 2 N–H and O–H groups in total. The van der Waals surface area contributed by atoms with Crippen LogP contribution in [0, 0.1) is 20.8 Å². The second-order valence-electron chi connectivity index (χ2n) is 4.65. The fourth-order valence-electron chi connectivity index (χ4n) is 2.10. The minimum Gasteiger partial charge on any atom is -0.477 e. The maximum absolute atomic E-state index is 12.3. The average Bonchev–Trinajstić information content (AvgIpc) is 2.70. The zero-order valence-electron chi connectivity index (χ0n) is 11.5. The molecule has 2 rings (SSSR count). The lowest BCUT2D eigenvalue weighted by Gasteiger charge is -2.08. The highest BCUT2D eigenvalue weighted by atomic mass is 32.1. The van der Waals surface area contributed by atoms with Crippen LogP contribution in [0.5, 0.6) is 0 Å². The van der Waals surface area contributed by atoms with Crippen LogP contribution in [0.25, 0.3) is 0 Å². The number of aryl methyl sites for hydroxylation is 3. The van der Waals surface area contributed by atoms with E-state index in [0.29, 0.717) is 16.1 Å². The zero-order chi connectivity index (χ0) is 14.9. The van der Waals surface area contributed by atoms with Crippen LogP contribution in [0.15, 0.2) is 24.3 Å². The number of rotatable bonds is 3. The number of carbonyl (C=O) groups is 2. The maximum Gasteiger partial charge on any atom is 0.346 e. The first-order chi connectivity index (χ1) is 9.40. The maximum atomic E-state index is 12.3. The molecule has 2 aromatic rings. The summed E-state index contributed by atoms with van der Waals surface area (Å²) in [6.07, 6.45) is 0. The molecule has 0 bridgehead atoms. The lowest BCUT2D eigenvalue weighted by Crippen LogP contribution is -2.14. The highest BCUT2D eigenvalue weighted by Gasteiger charge is 2.16. The van der Waals surface area contributed by atoms with Gasteiger partial charge in [-0.05, 0) is 43.5 Å². The number of hydrogen-bond donors (Lipinski definition) is 2. The van der Waals surface area contributed by atoms with E-state index >= 15 is 0 Å². The van der Waals surface area contributed by atoms with E-state index in [1.165, 1.54) is 0 Å². The number of amides is 1. The minimum absolute atomic E-state index is 0.209. The molecule has 1 heterocycles. The van der Waals surface area contributed by atoms with Crippen molar-refractivity contribution in [1.29, 1.82) is 0 Å². The van der Waals surface area contributed by atoms with Crippen molar-refractivity contribution in [3.05, 3.63) is 51.4 Å². The number of hydrogen-bond acceptors (Lipinski definition) is 3. The van der Waals surface area contributed by atoms with Crippen molar-refractivity contribution in [2.45, 2.75) is 20.8 Å². The molecule has 0 fully saturated rings. The molecule has 1 aromatic heterocycles. The Balaban J connectivity index is 2.28. The van der Waals surface area contributed by atoms with E-state index in [1.54, 1.807) is 13.0 Å². The van der Waals surface area contributed by atoms with Gasteiger partial charge in [-0.1, -0.05) is 18.2 Å². The van der Waals surface area contributed by atoms with Gasteiger partial charge in [0.2, 0.25) is 0 Å². The van der Waals surface area contributed by atoms with Gasteiger partial charge in [0.05, 0.1) is 5.00 Å². The molecule has 1 aromatic carbocycles. The molecule has 0 aliphatic heterocycles. The first-order valence-electron chi connectivity index (χ1n) is 6.11. The van der Waals surface area contributed by atoms with Crippen LogP contribution in [0.2, 0.25) is 0 Å². The molecule has 0 aliphatic rings. The van der Waals surface area contributed by atoms with Crippen LogP contribution in [-0.2, 0) is 0 Å². The van der Waals surface area contributed by atoms with Gasteiger partial charge in [0.25, 0.3) is 5.91 Å². The number of carboxylic acid groups (broad SMARTS) is 1. The van der Waals surface area contributed by atoms with Crippen LogP contribution in [-0.4, -0.2) is 17.0 Å². The van der Waals surface area contributed by atoms with Gasteiger partial charge in [0.15, 0.2) is 0 Å². The Labute approximate surface area is 121 Å². The molecule has 20 heavy (non-hydrogen) atoms. The Bertz CT molecular complexity index is 668. The Kier molecular flexibility index (Phi) is 3.90. The summed E-state index contributed by atoms with van der Waals surface area (Å²) >= 11 is 1.07.